The fraction of sp³-hybridized carbons (Fsp3) is 0.643. The maximum Gasteiger partial charge on any atom is 0.191 e. The van der Waals surface area contributed by atoms with E-state index in [4.69, 9.17) is 19.0 Å². The number of ether oxygens (including phenoxy) is 2. The molecule has 0 aromatic carbocycles. The van der Waals surface area contributed by atoms with Crippen molar-refractivity contribution in [2.75, 3.05) is 53.2 Å². The van der Waals surface area contributed by atoms with E-state index >= 15 is 0 Å². The lowest BCUT2D eigenvalue weighted by atomic mass is 10.3. The van der Waals surface area contributed by atoms with Crippen molar-refractivity contribution in [2.45, 2.75) is 6.42 Å². The summed E-state index contributed by atoms with van der Waals surface area (Å²) in [5.74, 6) is 1.65. The van der Waals surface area contributed by atoms with E-state index < -0.39 is 0 Å². The summed E-state index contributed by atoms with van der Waals surface area (Å²) in [5, 5.41) is 15.0. The molecular formula is C14H25N3O4. The minimum absolute atomic E-state index is 0.0318. The Morgan fingerprint density at radius 2 is 2.14 bits per heavy atom. The van der Waals surface area contributed by atoms with E-state index in [1.54, 1.807) is 13.4 Å². The number of furan rings is 1. The Morgan fingerprint density at radius 1 is 1.29 bits per heavy atom. The van der Waals surface area contributed by atoms with E-state index in [9.17, 15) is 0 Å². The zero-order valence-corrected chi connectivity index (χ0v) is 12.5. The Morgan fingerprint density at radius 3 is 2.86 bits per heavy atom. The smallest absolute Gasteiger partial charge is 0.191 e. The van der Waals surface area contributed by atoms with Crippen molar-refractivity contribution in [2.24, 2.45) is 4.99 Å². The number of nitrogens with one attached hydrogen (secondary N) is 2. The van der Waals surface area contributed by atoms with E-state index in [1.807, 2.05) is 12.1 Å². The van der Waals surface area contributed by atoms with Gasteiger partial charge in [-0.1, -0.05) is 0 Å². The van der Waals surface area contributed by atoms with Gasteiger partial charge in [-0.3, -0.25) is 4.99 Å². The third-order valence-electron chi connectivity index (χ3n) is 2.58. The van der Waals surface area contributed by atoms with E-state index in [1.165, 1.54) is 0 Å². The van der Waals surface area contributed by atoms with Gasteiger partial charge in [0.25, 0.3) is 0 Å². The molecule has 0 spiro atoms. The molecule has 3 N–H and O–H groups in total. The number of aliphatic imine (C=N–C) groups is 1. The summed E-state index contributed by atoms with van der Waals surface area (Å²) in [4.78, 5) is 4.39. The van der Waals surface area contributed by atoms with Crippen LogP contribution in [0.15, 0.2) is 27.8 Å². The van der Waals surface area contributed by atoms with Crippen LogP contribution >= 0.6 is 0 Å². The fourth-order valence-electron chi connectivity index (χ4n) is 1.59. The Labute approximate surface area is 125 Å². The molecule has 120 valence electrons. The summed E-state index contributed by atoms with van der Waals surface area (Å²) in [6.07, 6.45) is 2.46. The lowest BCUT2D eigenvalue weighted by Crippen LogP contribution is -2.40. The summed E-state index contributed by atoms with van der Waals surface area (Å²) >= 11 is 0. The van der Waals surface area contributed by atoms with Crippen molar-refractivity contribution < 1.29 is 19.0 Å². The summed E-state index contributed by atoms with van der Waals surface area (Å²) in [7, 11) is 1.66. The van der Waals surface area contributed by atoms with Gasteiger partial charge in [-0.15, -0.1) is 0 Å². The molecule has 1 rings (SSSR count). The quantitative estimate of drug-likeness (QED) is 0.303. The molecule has 0 bridgehead atoms. The number of rotatable bonds is 11. The second kappa shape index (κ2) is 12.2. The summed E-state index contributed by atoms with van der Waals surface area (Å²) in [5.41, 5.74) is 0. The number of hydrogen-bond donors (Lipinski definition) is 3. The second-order valence-corrected chi connectivity index (χ2v) is 4.24. The predicted molar refractivity (Wildman–Crippen MR) is 80.5 cm³/mol. The Hall–Kier alpha value is -1.57. The van der Waals surface area contributed by atoms with Crippen molar-refractivity contribution in [1.29, 1.82) is 0 Å². The molecule has 7 heteroatoms. The SMILES string of the molecule is COCCNC(=NCCOCCO)NCCc1ccco1. The molecule has 0 unspecified atom stereocenters. The first-order valence-corrected chi connectivity index (χ1v) is 7.09. The number of guanidine groups is 1. The maximum atomic E-state index is 8.62. The van der Waals surface area contributed by atoms with Gasteiger partial charge in [0.1, 0.15) is 5.76 Å². The molecule has 1 aromatic heterocycles. The van der Waals surface area contributed by atoms with Gasteiger partial charge in [0, 0.05) is 26.6 Å². The van der Waals surface area contributed by atoms with Crippen LogP contribution in [0.5, 0.6) is 0 Å². The molecule has 0 radical (unpaired) electrons. The van der Waals surface area contributed by atoms with E-state index in [0.29, 0.717) is 38.9 Å². The lowest BCUT2D eigenvalue weighted by molar-refractivity contribution is 0.0977. The van der Waals surface area contributed by atoms with Crippen LogP contribution in [-0.4, -0.2) is 64.2 Å². The van der Waals surface area contributed by atoms with E-state index in [2.05, 4.69) is 15.6 Å². The average molecular weight is 299 g/mol. The molecule has 0 aliphatic rings. The van der Waals surface area contributed by atoms with Gasteiger partial charge in [0.2, 0.25) is 0 Å². The molecule has 0 aliphatic carbocycles. The molecular weight excluding hydrogens is 274 g/mol. The minimum atomic E-state index is 0.0318. The highest BCUT2D eigenvalue weighted by Gasteiger charge is 2.00. The first kappa shape index (κ1) is 17.5. The first-order valence-electron chi connectivity index (χ1n) is 7.09. The Bertz CT molecular complexity index is 368. The monoisotopic (exact) mass is 299 g/mol. The van der Waals surface area contributed by atoms with Gasteiger partial charge < -0.3 is 29.6 Å². The number of methoxy groups -OCH3 is 1. The van der Waals surface area contributed by atoms with Gasteiger partial charge in [0.05, 0.1) is 39.2 Å². The van der Waals surface area contributed by atoms with Crippen molar-refractivity contribution in [3.8, 4) is 0 Å². The van der Waals surface area contributed by atoms with Crippen LogP contribution in [0, 0.1) is 0 Å². The second-order valence-electron chi connectivity index (χ2n) is 4.24. The van der Waals surface area contributed by atoms with Crippen LogP contribution in [0.2, 0.25) is 0 Å². The number of aliphatic hydroxyl groups excluding tert-OH is 1. The zero-order chi connectivity index (χ0) is 15.2. The number of hydrogen-bond acceptors (Lipinski definition) is 5. The Balaban J connectivity index is 2.26. The van der Waals surface area contributed by atoms with Crippen LogP contribution in [0.1, 0.15) is 5.76 Å². The van der Waals surface area contributed by atoms with Crippen LogP contribution in [0.25, 0.3) is 0 Å². The van der Waals surface area contributed by atoms with Gasteiger partial charge in [-0.2, -0.15) is 0 Å². The number of aliphatic hydroxyl groups is 1. The van der Waals surface area contributed by atoms with Crippen LogP contribution < -0.4 is 10.6 Å². The molecule has 1 aromatic rings. The average Bonchev–Trinajstić information content (AvgIpc) is 3.00. The highest BCUT2D eigenvalue weighted by Crippen LogP contribution is 1.99. The van der Waals surface area contributed by atoms with E-state index in [-0.39, 0.29) is 6.61 Å². The van der Waals surface area contributed by atoms with Crippen molar-refractivity contribution >= 4 is 5.96 Å². The summed E-state index contributed by atoms with van der Waals surface area (Å²) in [6.45, 7) is 3.40. The van der Waals surface area contributed by atoms with Gasteiger partial charge in [-0.05, 0) is 12.1 Å². The fourth-order valence-corrected chi connectivity index (χ4v) is 1.59. The minimum Gasteiger partial charge on any atom is -0.469 e. The zero-order valence-electron chi connectivity index (χ0n) is 12.5. The largest absolute Gasteiger partial charge is 0.469 e. The highest BCUT2D eigenvalue weighted by molar-refractivity contribution is 5.79. The molecule has 0 aliphatic heterocycles. The molecule has 0 saturated carbocycles. The van der Waals surface area contributed by atoms with Crippen LogP contribution in [0.4, 0.5) is 0 Å². The maximum absolute atomic E-state index is 8.62. The highest BCUT2D eigenvalue weighted by atomic mass is 16.5. The summed E-state index contributed by atoms with van der Waals surface area (Å²) < 4.78 is 15.4. The Kier molecular flexibility index (Phi) is 10.1. The third kappa shape index (κ3) is 9.06. The van der Waals surface area contributed by atoms with Crippen molar-refractivity contribution in [3.63, 3.8) is 0 Å². The standard InChI is InChI=1S/C14H25N3O4/c1-19-10-6-16-14(17-7-11-20-12-8-18)15-5-4-13-3-2-9-21-13/h2-3,9,18H,4-8,10-12H2,1H3,(H2,15,16,17). The van der Waals surface area contributed by atoms with Crippen molar-refractivity contribution in [3.05, 3.63) is 24.2 Å². The molecule has 7 nitrogen and oxygen atoms in total. The molecule has 1 heterocycles. The molecule has 0 atom stereocenters. The third-order valence-corrected chi connectivity index (χ3v) is 2.58. The molecule has 21 heavy (non-hydrogen) atoms. The van der Waals surface area contributed by atoms with Gasteiger partial charge in [0.15, 0.2) is 5.96 Å². The lowest BCUT2D eigenvalue weighted by Gasteiger charge is -2.12. The first-order chi connectivity index (χ1) is 10.4. The topological polar surface area (TPSA) is 88.2 Å². The molecule has 0 fully saturated rings. The molecule has 0 saturated heterocycles. The van der Waals surface area contributed by atoms with Gasteiger partial charge >= 0.3 is 0 Å². The predicted octanol–water partition coefficient (Wildman–Crippen LogP) is 0.0126. The summed E-state index contributed by atoms with van der Waals surface area (Å²) in [6, 6.07) is 3.82. The van der Waals surface area contributed by atoms with Gasteiger partial charge in [-0.25, -0.2) is 0 Å². The molecule has 0 amide bonds. The van der Waals surface area contributed by atoms with Crippen LogP contribution in [0.3, 0.4) is 0 Å². The normalized spacial score (nSPS) is 11.6. The van der Waals surface area contributed by atoms with Crippen LogP contribution in [-0.2, 0) is 15.9 Å². The van der Waals surface area contributed by atoms with Crippen molar-refractivity contribution in [1.82, 2.24) is 10.6 Å². The van der Waals surface area contributed by atoms with E-state index in [0.717, 1.165) is 18.7 Å². The number of nitrogens with zero attached hydrogens (tertiary/aromatic N) is 1.